The first-order valence-electron chi connectivity index (χ1n) is 12.5. The molecule has 0 unspecified atom stereocenters. The summed E-state index contributed by atoms with van der Waals surface area (Å²) >= 11 is 0. The van der Waals surface area contributed by atoms with E-state index < -0.39 is 8.32 Å². The summed E-state index contributed by atoms with van der Waals surface area (Å²) in [5.74, 6) is 2.74. The summed E-state index contributed by atoms with van der Waals surface area (Å²) < 4.78 is 6.88. The molecule has 0 N–H and O–H groups in total. The Balaban J connectivity index is 1.54. The van der Waals surface area contributed by atoms with Gasteiger partial charge >= 0.3 is 0 Å². The molecule has 0 aliphatic heterocycles. The molecule has 0 aromatic heterocycles. The lowest BCUT2D eigenvalue weighted by Gasteiger charge is -2.58. The van der Waals surface area contributed by atoms with Gasteiger partial charge in [-0.05, 0) is 105 Å². The van der Waals surface area contributed by atoms with Crippen molar-refractivity contribution in [3.8, 4) is 0 Å². The smallest absolute Gasteiger partial charge is 0.192 e. The Morgan fingerprint density at radius 2 is 1.69 bits per heavy atom. The van der Waals surface area contributed by atoms with Crippen LogP contribution in [0.3, 0.4) is 0 Å². The van der Waals surface area contributed by atoms with E-state index in [0.29, 0.717) is 22.0 Å². The van der Waals surface area contributed by atoms with E-state index in [-0.39, 0.29) is 0 Å². The minimum absolute atomic E-state index is 0.306. The molecule has 3 saturated carbocycles. The van der Waals surface area contributed by atoms with Gasteiger partial charge in [-0.15, -0.1) is 0 Å². The molecule has 6 atom stereocenters. The maximum Gasteiger partial charge on any atom is 0.192 e. The van der Waals surface area contributed by atoms with Crippen molar-refractivity contribution in [2.75, 3.05) is 0 Å². The van der Waals surface area contributed by atoms with E-state index in [1.54, 1.807) is 11.1 Å². The van der Waals surface area contributed by atoms with Gasteiger partial charge in [0.05, 0.1) is 0 Å². The molecule has 0 saturated heterocycles. The van der Waals surface area contributed by atoms with Gasteiger partial charge in [-0.2, -0.15) is 0 Å². The fourth-order valence-electron chi connectivity index (χ4n) is 7.64. The molecule has 2 heteroatoms. The van der Waals surface area contributed by atoms with Crippen LogP contribution in [0, 0.1) is 28.6 Å². The Morgan fingerprint density at radius 3 is 2.34 bits per heavy atom. The quantitative estimate of drug-likeness (QED) is 0.326. The largest absolute Gasteiger partial charge is 0.414 e. The van der Waals surface area contributed by atoms with Gasteiger partial charge in [0.15, 0.2) is 8.32 Å². The predicted molar refractivity (Wildman–Crippen MR) is 128 cm³/mol. The molecular formula is C27H46OSi. The molecule has 0 aromatic carbocycles. The van der Waals surface area contributed by atoms with E-state index in [4.69, 9.17) is 4.43 Å². The zero-order valence-electron chi connectivity index (χ0n) is 20.5. The van der Waals surface area contributed by atoms with Crippen LogP contribution in [0.15, 0.2) is 23.3 Å². The SMILES string of the molecule is C/C=C1/CC[C@@H]2[C@H]3CC=C4C[C@H](O[Si](C)(C)C(C)(C)C)CC[C@@]4(C)[C@@H]3CC[C@@]12C. The fourth-order valence-corrected chi connectivity index (χ4v) is 9.03. The summed E-state index contributed by atoms with van der Waals surface area (Å²) in [4.78, 5) is 0. The molecule has 4 rings (SSSR count). The Bertz CT molecular complexity index is 711. The molecule has 29 heavy (non-hydrogen) atoms. The zero-order chi connectivity index (χ0) is 21.2. The number of rotatable bonds is 2. The zero-order valence-corrected chi connectivity index (χ0v) is 21.5. The fraction of sp³-hybridized carbons (Fsp3) is 0.852. The molecule has 4 aliphatic rings. The molecule has 4 aliphatic carbocycles. The van der Waals surface area contributed by atoms with E-state index in [0.717, 1.165) is 17.8 Å². The van der Waals surface area contributed by atoms with E-state index >= 15 is 0 Å². The molecule has 0 bridgehead atoms. The highest BCUT2D eigenvalue weighted by Gasteiger charge is 2.57. The number of hydrogen-bond donors (Lipinski definition) is 0. The van der Waals surface area contributed by atoms with Crippen LogP contribution < -0.4 is 0 Å². The third-order valence-electron chi connectivity index (χ3n) is 10.5. The second-order valence-electron chi connectivity index (χ2n) is 12.8. The van der Waals surface area contributed by atoms with Crippen LogP contribution in [0.1, 0.15) is 92.9 Å². The van der Waals surface area contributed by atoms with Crippen LogP contribution in [0.25, 0.3) is 0 Å². The normalized spacial score (nSPS) is 44.1. The van der Waals surface area contributed by atoms with Crippen molar-refractivity contribution in [2.24, 2.45) is 28.6 Å². The predicted octanol–water partition coefficient (Wildman–Crippen LogP) is 8.29. The van der Waals surface area contributed by atoms with Crippen molar-refractivity contribution in [3.63, 3.8) is 0 Å². The van der Waals surface area contributed by atoms with Crippen LogP contribution >= 0.6 is 0 Å². The topological polar surface area (TPSA) is 9.23 Å². The van der Waals surface area contributed by atoms with Crippen LogP contribution in [0.5, 0.6) is 0 Å². The molecule has 3 fully saturated rings. The number of hydrogen-bond acceptors (Lipinski definition) is 1. The van der Waals surface area contributed by atoms with E-state index in [2.05, 4.69) is 66.8 Å². The van der Waals surface area contributed by atoms with Gasteiger partial charge in [-0.1, -0.05) is 57.9 Å². The maximum atomic E-state index is 6.88. The molecular weight excluding hydrogens is 368 g/mol. The monoisotopic (exact) mass is 414 g/mol. The van der Waals surface area contributed by atoms with Crippen molar-refractivity contribution in [2.45, 2.75) is 117 Å². The highest BCUT2D eigenvalue weighted by Crippen LogP contribution is 2.66. The van der Waals surface area contributed by atoms with Gasteiger partial charge in [0.1, 0.15) is 0 Å². The van der Waals surface area contributed by atoms with Gasteiger partial charge in [0, 0.05) is 6.10 Å². The Labute approximate surface area is 181 Å². The van der Waals surface area contributed by atoms with Gasteiger partial charge in [0.2, 0.25) is 0 Å². The molecule has 1 nitrogen and oxygen atoms in total. The van der Waals surface area contributed by atoms with Crippen molar-refractivity contribution in [1.29, 1.82) is 0 Å². The van der Waals surface area contributed by atoms with Gasteiger partial charge < -0.3 is 4.43 Å². The van der Waals surface area contributed by atoms with Crippen LogP contribution in [-0.4, -0.2) is 14.4 Å². The third kappa shape index (κ3) is 3.36. The molecule has 0 spiro atoms. The minimum Gasteiger partial charge on any atom is -0.414 e. The van der Waals surface area contributed by atoms with Crippen LogP contribution in [-0.2, 0) is 4.43 Å². The first-order chi connectivity index (χ1) is 13.4. The summed E-state index contributed by atoms with van der Waals surface area (Å²) in [6, 6.07) is 0. The van der Waals surface area contributed by atoms with Gasteiger partial charge in [-0.25, -0.2) is 0 Å². The summed E-state index contributed by atoms with van der Waals surface area (Å²) in [6.07, 6.45) is 16.4. The van der Waals surface area contributed by atoms with Gasteiger partial charge in [-0.3, -0.25) is 0 Å². The Kier molecular flexibility index (Phi) is 5.35. The van der Waals surface area contributed by atoms with Crippen LogP contribution in [0.2, 0.25) is 18.1 Å². The highest BCUT2D eigenvalue weighted by atomic mass is 28.4. The summed E-state index contributed by atoms with van der Waals surface area (Å²) in [7, 11) is -1.68. The number of allylic oxidation sites excluding steroid dienone is 3. The van der Waals surface area contributed by atoms with E-state index in [1.165, 1.54) is 51.4 Å². The first-order valence-corrected chi connectivity index (χ1v) is 15.4. The minimum atomic E-state index is -1.68. The Hall–Kier alpha value is -0.343. The van der Waals surface area contributed by atoms with E-state index in [9.17, 15) is 0 Å². The summed E-state index contributed by atoms with van der Waals surface area (Å²) in [5.41, 5.74) is 4.48. The maximum absolute atomic E-state index is 6.88. The lowest BCUT2D eigenvalue weighted by molar-refractivity contribution is -0.0254. The average molecular weight is 415 g/mol. The van der Waals surface area contributed by atoms with Crippen molar-refractivity contribution >= 4 is 8.32 Å². The number of fused-ring (bicyclic) bond motifs is 5. The molecule has 0 aromatic rings. The molecule has 0 heterocycles. The second-order valence-corrected chi connectivity index (χ2v) is 17.6. The van der Waals surface area contributed by atoms with Gasteiger partial charge in [0.25, 0.3) is 0 Å². The Morgan fingerprint density at radius 1 is 1.03 bits per heavy atom. The van der Waals surface area contributed by atoms with Crippen molar-refractivity contribution in [3.05, 3.63) is 23.3 Å². The van der Waals surface area contributed by atoms with Crippen LogP contribution in [0.4, 0.5) is 0 Å². The standard InChI is InChI=1S/C27H46OSi/c1-9-19-11-13-23-22-12-10-20-18-21(28-29(7,8)25(2,3)4)14-16-27(20,6)24(22)15-17-26(19,23)5/h9-10,21-24H,11-18H2,1-8H3/b19-9-/t21-,22-,23-,24-,26+,27-/m1/s1. The first kappa shape index (κ1) is 21.9. The van der Waals surface area contributed by atoms with Crippen molar-refractivity contribution < 1.29 is 4.43 Å². The molecule has 0 amide bonds. The van der Waals surface area contributed by atoms with E-state index in [1.807, 2.05) is 0 Å². The molecule has 0 radical (unpaired) electrons. The summed E-state index contributed by atoms with van der Waals surface area (Å²) in [6.45, 7) is 19.5. The third-order valence-corrected chi connectivity index (χ3v) is 15.1. The highest BCUT2D eigenvalue weighted by molar-refractivity contribution is 6.74. The van der Waals surface area contributed by atoms with Crippen molar-refractivity contribution in [1.82, 2.24) is 0 Å². The molecule has 164 valence electrons. The lowest BCUT2D eigenvalue weighted by atomic mass is 9.48. The second kappa shape index (κ2) is 7.09. The lowest BCUT2D eigenvalue weighted by Crippen LogP contribution is -2.51. The average Bonchev–Trinajstić information content (AvgIpc) is 2.97. The summed E-state index contributed by atoms with van der Waals surface area (Å²) in [5, 5.41) is 0.306.